The molecule has 1 rings (SSSR count). The molecule has 1 aromatic carbocycles. The van der Waals surface area contributed by atoms with E-state index in [9.17, 15) is 17.2 Å². The van der Waals surface area contributed by atoms with Gasteiger partial charge >= 0.3 is 0 Å². The molecule has 3 N–H and O–H groups in total. The van der Waals surface area contributed by atoms with E-state index in [1.807, 2.05) is 0 Å². The van der Waals surface area contributed by atoms with Crippen LogP contribution in [0.1, 0.15) is 19.4 Å². The minimum absolute atomic E-state index is 0.384. The third kappa shape index (κ3) is 2.99. The maximum atomic E-state index is 13.7. The molecule has 0 aliphatic carbocycles. The first-order chi connectivity index (χ1) is 7.79. The summed E-state index contributed by atoms with van der Waals surface area (Å²) in [6, 6.07) is 1.39. The van der Waals surface area contributed by atoms with Gasteiger partial charge < -0.3 is 5.73 Å². The van der Waals surface area contributed by atoms with Crippen molar-refractivity contribution in [1.29, 1.82) is 0 Å². The number of hydrogen-bond acceptors (Lipinski definition) is 3. The SMILES string of the molecule is CC(C)NS(=O)(=O)c1ccc(F)c(CN)c1F. The standard InChI is InChI=1S/C10H14F2N2O2S/c1-6(2)14-17(15,16)9-4-3-8(11)7(5-13)10(9)12/h3-4,6,14H,5,13H2,1-2H3. The van der Waals surface area contributed by atoms with Crippen LogP contribution in [0, 0.1) is 11.6 Å². The number of hydrogen-bond donors (Lipinski definition) is 2. The van der Waals surface area contributed by atoms with Crippen molar-refractivity contribution >= 4 is 10.0 Å². The predicted molar refractivity (Wildman–Crippen MR) is 59.7 cm³/mol. The first kappa shape index (κ1) is 14.0. The van der Waals surface area contributed by atoms with E-state index in [2.05, 4.69) is 4.72 Å². The molecule has 7 heteroatoms. The van der Waals surface area contributed by atoms with Gasteiger partial charge in [-0.15, -0.1) is 0 Å². The predicted octanol–water partition coefficient (Wildman–Crippen LogP) is 1.11. The fourth-order valence-corrected chi connectivity index (χ4v) is 2.70. The summed E-state index contributed by atoms with van der Waals surface area (Å²) in [5.74, 6) is -1.99. The number of halogens is 2. The zero-order chi connectivity index (χ0) is 13.2. The molecule has 96 valence electrons. The topological polar surface area (TPSA) is 72.2 Å². The van der Waals surface area contributed by atoms with Crippen molar-refractivity contribution in [3.05, 3.63) is 29.3 Å². The van der Waals surface area contributed by atoms with Gasteiger partial charge in [-0.25, -0.2) is 21.9 Å². The molecule has 0 aromatic heterocycles. The summed E-state index contributed by atoms with van der Waals surface area (Å²) < 4.78 is 52.6. The van der Waals surface area contributed by atoms with Crippen molar-refractivity contribution in [2.75, 3.05) is 0 Å². The molecule has 0 radical (unpaired) electrons. The fourth-order valence-electron chi connectivity index (χ4n) is 1.34. The molecular formula is C10H14F2N2O2S. The van der Waals surface area contributed by atoms with Crippen molar-refractivity contribution in [2.24, 2.45) is 5.73 Å². The Labute approximate surface area is 98.9 Å². The van der Waals surface area contributed by atoms with E-state index in [1.54, 1.807) is 13.8 Å². The van der Waals surface area contributed by atoms with E-state index >= 15 is 0 Å². The smallest absolute Gasteiger partial charge is 0.243 e. The van der Waals surface area contributed by atoms with Crippen molar-refractivity contribution in [3.63, 3.8) is 0 Å². The van der Waals surface area contributed by atoms with Crippen molar-refractivity contribution in [2.45, 2.75) is 31.3 Å². The Bertz CT molecular complexity index is 515. The van der Waals surface area contributed by atoms with E-state index in [4.69, 9.17) is 5.73 Å². The van der Waals surface area contributed by atoms with Crippen LogP contribution in [0.2, 0.25) is 0 Å². The lowest BCUT2D eigenvalue weighted by Crippen LogP contribution is -2.31. The molecule has 0 bridgehead atoms. The molecule has 4 nitrogen and oxygen atoms in total. The quantitative estimate of drug-likeness (QED) is 0.855. The lowest BCUT2D eigenvalue weighted by molar-refractivity contribution is 0.522. The Morgan fingerprint density at radius 3 is 2.41 bits per heavy atom. The van der Waals surface area contributed by atoms with Gasteiger partial charge in [0.15, 0.2) is 5.82 Å². The van der Waals surface area contributed by atoms with E-state index in [0.29, 0.717) is 0 Å². The molecule has 0 spiro atoms. The highest BCUT2D eigenvalue weighted by atomic mass is 32.2. The van der Waals surface area contributed by atoms with Crippen LogP contribution < -0.4 is 10.5 Å². The van der Waals surface area contributed by atoms with Crippen molar-refractivity contribution in [3.8, 4) is 0 Å². The maximum Gasteiger partial charge on any atom is 0.243 e. The van der Waals surface area contributed by atoms with Gasteiger partial charge in [0.05, 0.1) is 0 Å². The van der Waals surface area contributed by atoms with Gasteiger partial charge in [-0.3, -0.25) is 0 Å². The van der Waals surface area contributed by atoms with Crippen LogP contribution in [-0.2, 0) is 16.6 Å². The Morgan fingerprint density at radius 1 is 1.35 bits per heavy atom. The largest absolute Gasteiger partial charge is 0.326 e. The number of benzene rings is 1. The van der Waals surface area contributed by atoms with Crippen LogP contribution in [0.3, 0.4) is 0 Å². The number of rotatable bonds is 4. The monoisotopic (exact) mass is 264 g/mol. The Kier molecular flexibility index (Phi) is 4.18. The normalized spacial score (nSPS) is 12.1. The second-order valence-corrected chi connectivity index (χ2v) is 5.50. The summed E-state index contributed by atoms with van der Waals surface area (Å²) in [6.45, 7) is 2.80. The molecule has 0 amide bonds. The summed E-state index contributed by atoms with van der Waals surface area (Å²) in [6.07, 6.45) is 0. The van der Waals surface area contributed by atoms with Crippen LogP contribution in [0.4, 0.5) is 8.78 Å². The van der Waals surface area contributed by atoms with E-state index in [1.165, 1.54) is 0 Å². The van der Waals surface area contributed by atoms with Gasteiger partial charge in [-0.1, -0.05) is 0 Å². The van der Waals surface area contributed by atoms with E-state index in [0.717, 1.165) is 12.1 Å². The van der Waals surface area contributed by atoms with Crippen LogP contribution in [-0.4, -0.2) is 14.5 Å². The molecular weight excluding hydrogens is 250 g/mol. The molecule has 0 saturated carbocycles. The van der Waals surface area contributed by atoms with Gasteiger partial charge in [0, 0.05) is 18.2 Å². The second-order valence-electron chi connectivity index (χ2n) is 3.82. The average Bonchev–Trinajstić information content (AvgIpc) is 2.15. The molecule has 0 fully saturated rings. The van der Waals surface area contributed by atoms with Crippen LogP contribution in [0.15, 0.2) is 17.0 Å². The van der Waals surface area contributed by atoms with Crippen LogP contribution in [0.25, 0.3) is 0 Å². The first-order valence-corrected chi connectivity index (χ1v) is 6.47. The summed E-state index contributed by atoms with van der Waals surface area (Å²) in [7, 11) is -3.99. The summed E-state index contributed by atoms with van der Waals surface area (Å²) >= 11 is 0. The van der Waals surface area contributed by atoms with Crippen molar-refractivity contribution < 1.29 is 17.2 Å². The third-order valence-corrected chi connectivity index (χ3v) is 3.71. The summed E-state index contributed by atoms with van der Waals surface area (Å²) in [4.78, 5) is -0.590. The summed E-state index contributed by atoms with van der Waals surface area (Å²) in [5.41, 5.74) is 4.74. The zero-order valence-corrected chi connectivity index (χ0v) is 10.3. The first-order valence-electron chi connectivity index (χ1n) is 4.99. The second kappa shape index (κ2) is 5.07. The minimum Gasteiger partial charge on any atom is -0.326 e. The molecule has 0 unspecified atom stereocenters. The van der Waals surface area contributed by atoms with Gasteiger partial charge in [0.25, 0.3) is 0 Å². The Hall–Kier alpha value is -1.05. The highest BCUT2D eigenvalue weighted by molar-refractivity contribution is 7.89. The third-order valence-electron chi connectivity index (χ3n) is 2.04. The maximum absolute atomic E-state index is 13.7. The number of sulfonamides is 1. The minimum atomic E-state index is -3.99. The van der Waals surface area contributed by atoms with Gasteiger partial charge in [-0.05, 0) is 26.0 Å². The Balaban J connectivity index is 3.34. The Morgan fingerprint density at radius 2 is 1.94 bits per heavy atom. The molecule has 0 aliphatic heterocycles. The fraction of sp³-hybridized carbons (Fsp3) is 0.400. The zero-order valence-electron chi connectivity index (χ0n) is 9.50. The highest BCUT2D eigenvalue weighted by Gasteiger charge is 2.23. The number of nitrogens with two attached hydrogens (primary N) is 1. The van der Waals surface area contributed by atoms with Crippen LogP contribution in [0.5, 0.6) is 0 Å². The van der Waals surface area contributed by atoms with E-state index in [-0.39, 0.29) is 6.04 Å². The summed E-state index contributed by atoms with van der Waals surface area (Å²) in [5, 5.41) is 0. The molecule has 17 heavy (non-hydrogen) atoms. The lowest BCUT2D eigenvalue weighted by atomic mass is 10.2. The molecule has 0 aliphatic rings. The van der Waals surface area contributed by atoms with Gasteiger partial charge in [0.2, 0.25) is 10.0 Å². The van der Waals surface area contributed by atoms with E-state index < -0.39 is 38.7 Å². The van der Waals surface area contributed by atoms with Gasteiger partial charge in [0.1, 0.15) is 10.7 Å². The average molecular weight is 264 g/mol. The highest BCUT2D eigenvalue weighted by Crippen LogP contribution is 2.20. The number of nitrogens with one attached hydrogen (secondary N) is 1. The molecule has 1 aromatic rings. The van der Waals surface area contributed by atoms with Gasteiger partial charge in [-0.2, -0.15) is 0 Å². The lowest BCUT2D eigenvalue weighted by Gasteiger charge is -2.12. The molecule has 0 heterocycles. The molecule has 0 saturated heterocycles. The van der Waals surface area contributed by atoms with Crippen molar-refractivity contribution in [1.82, 2.24) is 4.72 Å². The molecule has 0 atom stereocenters. The van der Waals surface area contributed by atoms with Crippen LogP contribution >= 0.6 is 0 Å².